The molecule has 1 fully saturated rings. The molecule has 0 saturated carbocycles. The van der Waals surface area contributed by atoms with E-state index in [1.54, 1.807) is 0 Å². The maximum atomic E-state index is 12.2. The summed E-state index contributed by atoms with van der Waals surface area (Å²) in [5.41, 5.74) is 0. The summed E-state index contributed by atoms with van der Waals surface area (Å²) in [5.74, 6) is -2.75. The molecule has 2 aromatic carbocycles. The van der Waals surface area contributed by atoms with Gasteiger partial charge in [-0.1, -0.05) is 36.4 Å². The number of likely N-dealkylation sites (N-methyl/N-ethyl adjacent to an activating group) is 1. The molecule has 5 N–H and O–H groups in total. The van der Waals surface area contributed by atoms with Crippen LogP contribution in [0.3, 0.4) is 0 Å². The molecule has 2 aromatic rings. The van der Waals surface area contributed by atoms with Gasteiger partial charge in [-0.15, -0.1) is 0 Å². The number of nitrogens with zero attached hydrogens (tertiary/aromatic N) is 2. The maximum Gasteiger partial charge on any atom is 0.414 e. The van der Waals surface area contributed by atoms with E-state index >= 15 is 0 Å². The first-order valence-electron chi connectivity index (χ1n) is 9.56. The lowest BCUT2D eigenvalue weighted by atomic mass is 10.1. The van der Waals surface area contributed by atoms with Gasteiger partial charge in [-0.2, -0.15) is 0 Å². The number of carbonyl (C=O) groups is 3. The highest BCUT2D eigenvalue weighted by atomic mass is 16.5. The number of benzene rings is 2. The van der Waals surface area contributed by atoms with Gasteiger partial charge in [0.15, 0.2) is 0 Å². The van der Waals surface area contributed by atoms with Gasteiger partial charge in [-0.05, 0) is 25.5 Å². The summed E-state index contributed by atoms with van der Waals surface area (Å²) >= 11 is 0. The van der Waals surface area contributed by atoms with Crippen molar-refractivity contribution in [2.24, 2.45) is 0 Å². The van der Waals surface area contributed by atoms with Crippen LogP contribution >= 0.6 is 0 Å². The van der Waals surface area contributed by atoms with Crippen molar-refractivity contribution in [2.45, 2.75) is 12.5 Å². The lowest BCUT2D eigenvalue weighted by Gasteiger charge is -2.19. The van der Waals surface area contributed by atoms with Gasteiger partial charge in [0.25, 0.3) is 0 Å². The van der Waals surface area contributed by atoms with Crippen molar-refractivity contribution in [3.63, 3.8) is 0 Å². The lowest BCUT2D eigenvalue weighted by molar-refractivity contribution is -0.159. The van der Waals surface area contributed by atoms with Gasteiger partial charge in [0.05, 0.1) is 6.54 Å². The molecule has 10 nitrogen and oxygen atoms in total. The molecule has 31 heavy (non-hydrogen) atoms. The van der Waals surface area contributed by atoms with Crippen LogP contribution in [-0.4, -0.2) is 89.8 Å². The molecule has 1 atom stereocenters. The van der Waals surface area contributed by atoms with Crippen molar-refractivity contribution >= 4 is 28.7 Å². The van der Waals surface area contributed by atoms with E-state index in [9.17, 15) is 4.79 Å². The Hall–Kier alpha value is -3.37. The predicted molar refractivity (Wildman–Crippen MR) is 115 cm³/mol. The summed E-state index contributed by atoms with van der Waals surface area (Å²) in [4.78, 5) is 34.3. The van der Waals surface area contributed by atoms with E-state index in [1.807, 2.05) is 43.3 Å². The first-order chi connectivity index (χ1) is 14.3. The van der Waals surface area contributed by atoms with E-state index in [0.29, 0.717) is 13.1 Å². The van der Waals surface area contributed by atoms with Crippen molar-refractivity contribution in [3.05, 3.63) is 42.5 Å². The van der Waals surface area contributed by atoms with Gasteiger partial charge >= 0.3 is 18.0 Å². The molecule has 0 aliphatic carbocycles. The molecular formula is C21H29N3O7. The van der Waals surface area contributed by atoms with E-state index in [1.165, 1.54) is 5.39 Å². The standard InChI is InChI=1S/C19H25N3O2.C2H2O4.H2O/c1-21(2)13-11-20-19(23)22-12-10-16(14-22)24-18-9-5-7-15-6-3-4-8-17(15)18;3-1(4)2(5)6;/h3-9,16H,10-14H2,1-2H3,(H,20,23);(H,3,4)(H,5,6);1H2. The molecule has 3 rings (SSSR count). The molecule has 1 heterocycles. The quantitative estimate of drug-likeness (QED) is 0.590. The van der Waals surface area contributed by atoms with Crippen LogP contribution in [0.2, 0.25) is 0 Å². The molecule has 0 spiro atoms. The van der Waals surface area contributed by atoms with E-state index in [2.05, 4.69) is 28.4 Å². The Labute approximate surface area is 180 Å². The Kier molecular flexibility index (Phi) is 10.2. The minimum atomic E-state index is -1.82. The number of rotatable bonds is 5. The number of carboxylic acid groups (broad SMARTS) is 2. The van der Waals surface area contributed by atoms with Gasteiger partial charge in [-0.3, -0.25) is 0 Å². The molecular weight excluding hydrogens is 406 g/mol. The zero-order valence-electron chi connectivity index (χ0n) is 17.6. The molecule has 1 aliphatic rings. The minimum Gasteiger partial charge on any atom is -0.488 e. The number of carboxylic acids is 2. The van der Waals surface area contributed by atoms with Gasteiger partial charge < -0.3 is 35.5 Å². The summed E-state index contributed by atoms with van der Waals surface area (Å²) in [6.45, 7) is 2.88. The first kappa shape index (κ1) is 25.7. The second-order valence-corrected chi connectivity index (χ2v) is 7.10. The fraction of sp³-hybridized carbons (Fsp3) is 0.381. The van der Waals surface area contributed by atoms with Crippen LogP contribution in [0.4, 0.5) is 4.79 Å². The fourth-order valence-corrected chi connectivity index (χ4v) is 2.99. The number of urea groups is 1. The smallest absolute Gasteiger partial charge is 0.414 e. The largest absolute Gasteiger partial charge is 0.488 e. The summed E-state index contributed by atoms with van der Waals surface area (Å²) in [7, 11) is 3.99. The van der Waals surface area contributed by atoms with Crippen molar-refractivity contribution < 1.29 is 34.8 Å². The third kappa shape index (κ3) is 8.11. The number of likely N-dealkylation sites (tertiary alicyclic amines) is 1. The Bertz CT molecular complexity index is 871. The Morgan fingerprint density at radius 2 is 1.74 bits per heavy atom. The first-order valence-corrected chi connectivity index (χ1v) is 9.56. The molecule has 1 saturated heterocycles. The van der Waals surface area contributed by atoms with Crippen LogP contribution in [0.15, 0.2) is 42.5 Å². The molecule has 170 valence electrons. The number of carbonyl (C=O) groups excluding carboxylic acids is 1. The van der Waals surface area contributed by atoms with Crippen LogP contribution < -0.4 is 10.1 Å². The highest BCUT2D eigenvalue weighted by molar-refractivity contribution is 6.27. The molecule has 0 aromatic heterocycles. The summed E-state index contributed by atoms with van der Waals surface area (Å²) in [5, 5.41) is 20.0. The van der Waals surface area contributed by atoms with Crippen molar-refractivity contribution in [1.29, 1.82) is 0 Å². The monoisotopic (exact) mass is 435 g/mol. The number of amides is 2. The van der Waals surface area contributed by atoms with Gasteiger partial charge in [0, 0.05) is 31.4 Å². The Balaban J connectivity index is 0.000000607. The van der Waals surface area contributed by atoms with Crippen molar-refractivity contribution in [3.8, 4) is 5.75 Å². The molecule has 0 bridgehead atoms. The topological polar surface area (TPSA) is 151 Å². The third-order valence-corrected chi connectivity index (χ3v) is 4.49. The number of aliphatic carboxylic acids is 2. The maximum absolute atomic E-state index is 12.2. The fourth-order valence-electron chi connectivity index (χ4n) is 2.99. The normalized spacial score (nSPS) is 14.9. The van der Waals surface area contributed by atoms with Crippen LogP contribution in [0.1, 0.15) is 6.42 Å². The average Bonchev–Trinajstić information content (AvgIpc) is 3.17. The lowest BCUT2D eigenvalue weighted by Crippen LogP contribution is -2.41. The van der Waals surface area contributed by atoms with Gasteiger partial charge in [0.1, 0.15) is 11.9 Å². The van der Waals surface area contributed by atoms with Gasteiger partial charge in [0.2, 0.25) is 0 Å². The van der Waals surface area contributed by atoms with Crippen LogP contribution in [0, 0.1) is 0 Å². The summed E-state index contributed by atoms with van der Waals surface area (Å²) in [6, 6.07) is 14.3. The van der Waals surface area contributed by atoms with Gasteiger partial charge in [-0.25, -0.2) is 14.4 Å². The highest BCUT2D eigenvalue weighted by Gasteiger charge is 2.27. The second kappa shape index (κ2) is 12.4. The molecule has 10 heteroatoms. The number of nitrogens with one attached hydrogen (secondary N) is 1. The molecule has 2 amide bonds. The van der Waals surface area contributed by atoms with Crippen molar-refractivity contribution in [2.75, 3.05) is 40.3 Å². The average molecular weight is 435 g/mol. The summed E-state index contributed by atoms with van der Waals surface area (Å²) in [6.07, 6.45) is 0.917. The third-order valence-electron chi connectivity index (χ3n) is 4.49. The number of hydrogen-bond acceptors (Lipinski definition) is 5. The zero-order valence-corrected chi connectivity index (χ0v) is 17.6. The number of ether oxygens (including phenoxy) is 1. The zero-order chi connectivity index (χ0) is 22.1. The van der Waals surface area contributed by atoms with Crippen LogP contribution in [0.5, 0.6) is 5.75 Å². The van der Waals surface area contributed by atoms with E-state index in [4.69, 9.17) is 24.5 Å². The van der Waals surface area contributed by atoms with Crippen LogP contribution in [-0.2, 0) is 9.59 Å². The van der Waals surface area contributed by atoms with E-state index in [0.717, 1.165) is 30.6 Å². The predicted octanol–water partition coefficient (Wildman–Crippen LogP) is 0.895. The molecule has 1 unspecified atom stereocenters. The van der Waals surface area contributed by atoms with Crippen molar-refractivity contribution in [1.82, 2.24) is 15.1 Å². The second-order valence-electron chi connectivity index (χ2n) is 7.10. The highest BCUT2D eigenvalue weighted by Crippen LogP contribution is 2.27. The SMILES string of the molecule is CN(C)CCNC(=O)N1CCC(Oc2cccc3ccccc23)C1.O.O=C(O)C(=O)O. The van der Waals surface area contributed by atoms with Crippen LogP contribution in [0.25, 0.3) is 10.8 Å². The number of fused-ring (bicyclic) bond motifs is 1. The Morgan fingerprint density at radius 3 is 2.39 bits per heavy atom. The molecule has 0 radical (unpaired) electrons. The minimum absolute atomic E-state index is 0. The number of hydrogen-bond donors (Lipinski definition) is 3. The van der Waals surface area contributed by atoms with E-state index in [-0.39, 0.29) is 17.6 Å². The Morgan fingerprint density at radius 1 is 1.10 bits per heavy atom. The molecule has 1 aliphatic heterocycles. The summed E-state index contributed by atoms with van der Waals surface area (Å²) < 4.78 is 6.18. The van der Waals surface area contributed by atoms with E-state index < -0.39 is 11.9 Å².